The van der Waals surface area contributed by atoms with E-state index >= 15 is 0 Å². The Morgan fingerprint density at radius 1 is 1.10 bits per heavy atom. The number of rotatable bonds is 5. The molecule has 1 aromatic carbocycles. The molecule has 3 saturated heterocycles. The van der Waals surface area contributed by atoms with Crippen LogP contribution in [0.5, 0.6) is 0 Å². The van der Waals surface area contributed by atoms with Crippen molar-refractivity contribution >= 4 is 16.1 Å². The fraction of sp³-hybridized carbons (Fsp3) is 0.650. The molecule has 1 aromatic rings. The fourth-order valence-electron chi connectivity index (χ4n) is 4.31. The van der Waals surface area contributed by atoms with Gasteiger partial charge in [-0.3, -0.25) is 4.79 Å². The number of carbonyl (C=O) groups excluding carboxylic acids is 1. The molecule has 4 rings (SSSR count). The zero-order valence-electron chi connectivity index (χ0n) is 16.9. The molecular weight excluding hydrogens is 413 g/mol. The number of nitrogens with zero attached hydrogens (tertiary/aromatic N) is 2. The van der Waals surface area contributed by atoms with Gasteiger partial charge >= 0.3 is 0 Å². The molecule has 1 amide bonds. The van der Waals surface area contributed by atoms with E-state index in [2.05, 4.69) is 5.32 Å². The van der Waals surface area contributed by atoms with Crippen molar-refractivity contribution in [3.63, 3.8) is 0 Å². The van der Waals surface area contributed by atoms with Crippen molar-refractivity contribution in [3.8, 4) is 0 Å². The molecule has 0 bridgehead atoms. The van der Waals surface area contributed by atoms with E-state index in [-0.39, 0.29) is 24.8 Å². The lowest BCUT2D eigenvalue weighted by atomic mass is 9.99. The number of benzene rings is 1. The van der Waals surface area contributed by atoms with Crippen LogP contribution in [0.3, 0.4) is 0 Å². The number of ether oxygens (including phenoxy) is 2. The standard InChI is InChI=1S/C20H28FN3O5S/c21-18-5-3-16(4-6-18)14-22-19(25)17-2-1-9-24(15-17)30(26,27)23-10-7-20(8-11-23)28-12-13-29-20/h3-6,17H,1-2,7-15H2,(H,22,25). The van der Waals surface area contributed by atoms with Crippen molar-refractivity contribution in [1.82, 2.24) is 13.9 Å². The lowest BCUT2D eigenvalue weighted by Crippen LogP contribution is -2.54. The molecule has 3 heterocycles. The third-order valence-corrected chi connectivity index (χ3v) is 8.09. The topological polar surface area (TPSA) is 88.2 Å². The first-order valence-corrected chi connectivity index (χ1v) is 11.8. The Bertz CT molecular complexity index is 848. The van der Waals surface area contributed by atoms with E-state index < -0.39 is 21.9 Å². The molecule has 3 aliphatic rings. The minimum Gasteiger partial charge on any atom is -0.352 e. The number of carbonyl (C=O) groups is 1. The van der Waals surface area contributed by atoms with Crippen LogP contribution in [0, 0.1) is 11.7 Å². The zero-order valence-corrected chi connectivity index (χ0v) is 17.7. The number of nitrogens with one attached hydrogen (secondary N) is 1. The Hall–Kier alpha value is -1.59. The van der Waals surface area contributed by atoms with Gasteiger partial charge in [-0.05, 0) is 30.5 Å². The van der Waals surface area contributed by atoms with Crippen LogP contribution in [0.25, 0.3) is 0 Å². The van der Waals surface area contributed by atoms with Gasteiger partial charge in [0.15, 0.2) is 5.79 Å². The van der Waals surface area contributed by atoms with Gasteiger partial charge in [-0.25, -0.2) is 4.39 Å². The Kier molecular flexibility index (Phi) is 6.40. The highest BCUT2D eigenvalue weighted by molar-refractivity contribution is 7.86. The quantitative estimate of drug-likeness (QED) is 0.743. The van der Waals surface area contributed by atoms with E-state index in [1.807, 2.05) is 0 Å². The predicted octanol–water partition coefficient (Wildman–Crippen LogP) is 1.24. The smallest absolute Gasteiger partial charge is 0.282 e. The van der Waals surface area contributed by atoms with Crippen LogP contribution < -0.4 is 5.32 Å². The molecule has 0 aliphatic carbocycles. The van der Waals surface area contributed by atoms with Crippen molar-refractivity contribution in [2.75, 3.05) is 39.4 Å². The van der Waals surface area contributed by atoms with Gasteiger partial charge in [0.2, 0.25) is 5.91 Å². The summed E-state index contributed by atoms with van der Waals surface area (Å²) in [5.74, 6) is -1.53. The molecule has 0 radical (unpaired) electrons. The SMILES string of the molecule is O=C(NCc1ccc(F)cc1)C1CCCN(S(=O)(=O)N2CCC3(CC2)OCCO3)C1. The van der Waals surface area contributed by atoms with E-state index in [0.717, 1.165) is 5.56 Å². The molecule has 1 atom stereocenters. The number of halogens is 1. The second-order valence-electron chi connectivity index (χ2n) is 8.06. The maximum Gasteiger partial charge on any atom is 0.282 e. The van der Waals surface area contributed by atoms with E-state index in [1.165, 1.54) is 20.7 Å². The molecule has 8 nitrogen and oxygen atoms in total. The summed E-state index contributed by atoms with van der Waals surface area (Å²) in [6.07, 6.45) is 2.31. The van der Waals surface area contributed by atoms with Crippen LogP contribution in [-0.2, 0) is 31.0 Å². The summed E-state index contributed by atoms with van der Waals surface area (Å²) < 4.78 is 53.5. The number of amides is 1. The second kappa shape index (κ2) is 8.88. The van der Waals surface area contributed by atoms with Gasteiger partial charge in [-0.2, -0.15) is 17.0 Å². The van der Waals surface area contributed by atoms with Crippen LogP contribution in [-0.4, -0.2) is 68.1 Å². The number of hydrogen-bond donors (Lipinski definition) is 1. The lowest BCUT2D eigenvalue weighted by Gasteiger charge is -2.40. The third-order valence-electron chi connectivity index (χ3n) is 6.09. The first kappa shape index (κ1) is 21.6. The molecule has 10 heteroatoms. The monoisotopic (exact) mass is 441 g/mol. The van der Waals surface area contributed by atoms with Gasteiger partial charge in [0, 0.05) is 45.6 Å². The van der Waals surface area contributed by atoms with Gasteiger partial charge in [-0.1, -0.05) is 12.1 Å². The van der Waals surface area contributed by atoms with Gasteiger partial charge in [0.05, 0.1) is 19.1 Å². The van der Waals surface area contributed by atoms with E-state index in [1.54, 1.807) is 12.1 Å². The molecule has 1 N–H and O–H groups in total. The first-order chi connectivity index (χ1) is 14.4. The van der Waals surface area contributed by atoms with Gasteiger partial charge in [-0.15, -0.1) is 0 Å². The normalized spacial score (nSPS) is 25.4. The summed E-state index contributed by atoms with van der Waals surface area (Å²) in [4.78, 5) is 12.6. The summed E-state index contributed by atoms with van der Waals surface area (Å²) in [6, 6.07) is 5.93. The van der Waals surface area contributed by atoms with Gasteiger partial charge in [0.25, 0.3) is 10.2 Å². The summed E-state index contributed by atoms with van der Waals surface area (Å²) in [5.41, 5.74) is 0.795. The number of hydrogen-bond acceptors (Lipinski definition) is 5. The van der Waals surface area contributed by atoms with E-state index in [4.69, 9.17) is 9.47 Å². The maximum absolute atomic E-state index is 13.1. The first-order valence-electron chi connectivity index (χ1n) is 10.4. The highest BCUT2D eigenvalue weighted by Crippen LogP contribution is 2.33. The van der Waals surface area contributed by atoms with Crippen LogP contribution in [0.1, 0.15) is 31.2 Å². The summed E-state index contributed by atoms with van der Waals surface area (Å²) in [7, 11) is -3.64. The van der Waals surface area contributed by atoms with Crippen LogP contribution >= 0.6 is 0 Å². The van der Waals surface area contributed by atoms with Crippen molar-refractivity contribution in [3.05, 3.63) is 35.6 Å². The highest BCUT2D eigenvalue weighted by atomic mass is 32.2. The molecule has 1 unspecified atom stereocenters. The van der Waals surface area contributed by atoms with Crippen molar-refractivity contribution in [1.29, 1.82) is 0 Å². The Labute approximate surface area is 176 Å². The average Bonchev–Trinajstić information content (AvgIpc) is 3.21. The largest absolute Gasteiger partial charge is 0.352 e. The average molecular weight is 442 g/mol. The molecule has 0 saturated carbocycles. The Balaban J connectivity index is 1.32. The predicted molar refractivity (Wildman–Crippen MR) is 107 cm³/mol. The molecule has 3 aliphatic heterocycles. The lowest BCUT2D eigenvalue weighted by molar-refractivity contribution is -0.179. The zero-order chi connectivity index (χ0) is 21.2. The molecular formula is C20H28FN3O5S. The minimum atomic E-state index is -3.64. The number of piperidine rings is 2. The summed E-state index contributed by atoms with van der Waals surface area (Å²) >= 11 is 0. The fourth-order valence-corrected chi connectivity index (χ4v) is 6.01. The van der Waals surface area contributed by atoms with E-state index in [9.17, 15) is 17.6 Å². The van der Waals surface area contributed by atoms with Crippen LogP contribution in [0.15, 0.2) is 24.3 Å². The van der Waals surface area contributed by atoms with Crippen molar-refractivity contribution in [2.24, 2.45) is 5.92 Å². The summed E-state index contributed by atoms with van der Waals surface area (Å²) in [5, 5.41) is 2.84. The molecule has 30 heavy (non-hydrogen) atoms. The van der Waals surface area contributed by atoms with Crippen LogP contribution in [0.4, 0.5) is 4.39 Å². The Morgan fingerprint density at radius 3 is 2.43 bits per heavy atom. The second-order valence-corrected chi connectivity index (χ2v) is 9.98. The molecule has 166 valence electrons. The van der Waals surface area contributed by atoms with E-state index in [0.29, 0.717) is 58.5 Å². The minimum absolute atomic E-state index is 0.173. The maximum atomic E-state index is 13.1. The molecule has 3 fully saturated rings. The molecule has 0 aromatic heterocycles. The van der Waals surface area contributed by atoms with Crippen molar-refractivity contribution < 1.29 is 27.1 Å². The summed E-state index contributed by atoms with van der Waals surface area (Å²) in [6.45, 7) is 2.67. The van der Waals surface area contributed by atoms with Gasteiger partial charge < -0.3 is 14.8 Å². The van der Waals surface area contributed by atoms with Crippen LogP contribution in [0.2, 0.25) is 0 Å². The van der Waals surface area contributed by atoms with Gasteiger partial charge in [0.1, 0.15) is 5.82 Å². The molecule has 1 spiro atoms. The third kappa shape index (κ3) is 4.67. The highest BCUT2D eigenvalue weighted by Gasteiger charge is 2.44. The Morgan fingerprint density at radius 2 is 1.77 bits per heavy atom. The van der Waals surface area contributed by atoms with Crippen molar-refractivity contribution in [2.45, 2.75) is 38.0 Å².